The molecule has 0 fully saturated rings. The molecule has 1 rings (SSSR count). The van der Waals surface area contributed by atoms with E-state index >= 15 is 0 Å². The normalized spacial score (nSPS) is 11.8. The lowest BCUT2D eigenvalue weighted by Crippen LogP contribution is -2.36. The number of benzene rings is 1. The molecule has 2 N–H and O–H groups in total. The van der Waals surface area contributed by atoms with Gasteiger partial charge in [-0.3, -0.25) is 4.79 Å². The highest BCUT2D eigenvalue weighted by Crippen LogP contribution is 2.26. The molecule has 1 amide bonds. The molecular formula is C15H21ClN2O2. The van der Waals surface area contributed by atoms with Gasteiger partial charge in [-0.1, -0.05) is 30.7 Å². The van der Waals surface area contributed by atoms with E-state index in [1.54, 1.807) is 19.1 Å². The van der Waals surface area contributed by atoms with E-state index < -0.39 is 6.10 Å². The number of hydrogen-bond donors (Lipinski definition) is 2. The van der Waals surface area contributed by atoms with Gasteiger partial charge >= 0.3 is 0 Å². The molecule has 0 aromatic heterocycles. The molecule has 0 aliphatic rings. The van der Waals surface area contributed by atoms with E-state index in [-0.39, 0.29) is 5.91 Å². The highest BCUT2D eigenvalue weighted by Gasteiger charge is 2.15. The van der Waals surface area contributed by atoms with Crippen LogP contribution < -0.4 is 15.4 Å². The average molecular weight is 297 g/mol. The number of carbonyl (C=O) groups excluding carboxylic acids is 1. The summed E-state index contributed by atoms with van der Waals surface area (Å²) in [5, 5.41) is 6.40. The summed E-state index contributed by atoms with van der Waals surface area (Å²) in [6.07, 6.45) is 1.01. The number of amides is 1. The molecule has 0 spiro atoms. The molecule has 1 atom stereocenters. The van der Waals surface area contributed by atoms with E-state index in [4.69, 9.17) is 16.3 Å². The van der Waals surface area contributed by atoms with Crippen LogP contribution in [0.5, 0.6) is 5.75 Å². The average Bonchev–Trinajstić information content (AvgIpc) is 2.44. The SMILES string of the molecule is C=CCNC(=O)C(C)Oc1ccc(CNCC)cc1Cl. The second kappa shape index (κ2) is 8.61. The van der Waals surface area contributed by atoms with Crippen LogP contribution in [0.1, 0.15) is 19.4 Å². The molecule has 0 saturated heterocycles. The molecule has 5 heteroatoms. The third-order valence-electron chi connectivity index (χ3n) is 2.67. The van der Waals surface area contributed by atoms with Gasteiger partial charge in [0.2, 0.25) is 0 Å². The topological polar surface area (TPSA) is 50.4 Å². The Morgan fingerprint density at radius 2 is 2.30 bits per heavy atom. The standard InChI is InChI=1S/C15H21ClN2O2/c1-4-8-18-15(19)11(3)20-14-7-6-12(9-13(14)16)10-17-5-2/h4,6-7,9,11,17H,1,5,8,10H2,2-3H3,(H,18,19). The highest BCUT2D eigenvalue weighted by molar-refractivity contribution is 6.32. The number of rotatable bonds is 8. The third-order valence-corrected chi connectivity index (χ3v) is 2.96. The maximum Gasteiger partial charge on any atom is 0.261 e. The first-order valence-electron chi connectivity index (χ1n) is 6.62. The summed E-state index contributed by atoms with van der Waals surface area (Å²) in [7, 11) is 0. The van der Waals surface area contributed by atoms with E-state index in [1.807, 2.05) is 19.1 Å². The second-order valence-corrected chi connectivity index (χ2v) is 4.75. The van der Waals surface area contributed by atoms with Gasteiger partial charge in [-0.25, -0.2) is 0 Å². The predicted molar refractivity (Wildman–Crippen MR) is 82.1 cm³/mol. The number of nitrogens with one attached hydrogen (secondary N) is 2. The molecule has 0 aliphatic carbocycles. The molecule has 110 valence electrons. The minimum absolute atomic E-state index is 0.197. The summed E-state index contributed by atoms with van der Waals surface area (Å²) in [4.78, 5) is 11.7. The Labute approximate surface area is 125 Å². The Morgan fingerprint density at radius 1 is 1.55 bits per heavy atom. The zero-order chi connectivity index (χ0) is 15.0. The predicted octanol–water partition coefficient (Wildman–Crippen LogP) is 2.52. The molecule has 0 aliphatic heterocycles. The van der Waals surface area contributed by atoms with Crippen molar-refractivity contribution in [1.82, 2.24) is 10.6 Å². The van der Waals surface area contributed by atoms with Crippen molar-refractivity contribution in [2.45, 2.75) is 26.5 Å². The Bertz CT molecular complexity index is 463. The highest BCUT2D eigenvalue weighted by atomic mass is 35.5. The summed E-state index contributed by atoms with van der Waals surface area (Å²) in [6, 6.07) is 5.55. The van der Waals surface area contributed by atoms with Crippen molar-refractivity contribution in [1.29, 1.82) is 0 Å². The monoisotopic (exact) mass is 296 g/mol. The number of hydrogen-bond acceptors (Lipinski definition) is 3. The number of ether oxygens (including phenoxy) is 1. The van der Waals surface area contributed by atoms with Gasteiger partial charge in [-0.2, -0.15) is 0 Å². The number of carbonyl (C=O) groups is 1. The molecule has 1 aromatic rings. The van der Waals surface area contributed by atoms with Crippen molar-refractivity contribution in [2.75, 3.05) is 13.1 Å². The van der Waals surface area contributed by atoms with Crippen molar-refractivity contribution in [3.05, 3.63) is 41.4 Å². The molecule has 1 aromatic carbocycles. The van der Waals surface area contributed by atoms with Crippen LogP contribution in [0.2, 0.25) is 5.02 Å². The lowest BCUT2D eigenvalue weighted by Gasteiger charge is -2.15. The van der Waals surface area contributed by atoms with Crippen molar-refractivity contribution < 1.29 is 9.53 Å². The van der Waals surface area contributed by atoms with Gasteiger partial charge in [0.25, 0.3) is 5.91 Å². The second-order valence-electron chi connectivity index (χ2n) is 4.34. The molecule has 4 nitrogen and oxygen atoms in total. The van der Waals surface area contributed by atoms with E-state index in [2.05, 4.69) is 17.2 Å². The third kappa shape index (κ3) is 5.23. The maximum atomic E-state index is 11.7. The first kappa shape index (κ1) is 16.5. The van der Waals surface area contributed by atoms with Crippen LogP contribution in [0.4, 0.5) is 0 Å². The zero-order valence-electron chi connectivity index (χ0n) is 11.9. The molecule has 0 radical (unpaired) electrons. The van der Waals surface area contributed by atoms with Crippen LogP contribution in [0.25, 0.3) is 0 Å². The molecule has 1 unspecified atom stereocenters. The van der Waals surface area contributed by atoms with Crippen LogP contribution in [-0.2, 0) is 11.3 Å². The Balaban J connectivity index is 2.63. The molecule has 0 bridgehead atoms. The van der Waals surface area contributed by atoms with Crippen molar-refractivity contribution >= 4 is 17.5 Å². The van der Waals surface area contributed by atoms with Gasteiger partial charge in [-0.05, 0) is 31.2 Å². The molecular weight excluding hydrogens is 276 g/mol. The van der Waals surface area contributed by atoms with E-state index in [0.717, 1.165) is 18.7 Å². The van der Waals surface area contributed by atoms with Crippen LogP contribution in [0.3, 0.4) is 0 Å². The first-order valence-corrected chi connectivity index (χ1v) is 7.00. The molecule has 0 saturated carbocycles. The van der Waals surface area contributed by atoms with Gasteiger partial charge in [0.1, 0.15) is 5.75 Å². The fraction of sp³-hybridized carbons (Fsp3) is 0.400. The van der Waals surface area contributed by atoms with Gasteiger partial charge in [-0.15, -0.1) is 6.58 Å². The Hall–Kier alpha value is -1.52. The Kier molecular flexibility index (Phi) is 7.12. The minimum atomic E-state index is -0.605. The lowest BCUT2D eigenvalue weighted by molar-refractivity contribution is -0.127. The number of halogens is 1. The summed E-state index contributed by atoms with van der Waals surface area (Å²) >= 11 is 6.16. The van der Waals surface area contributed by atoms with Crippen LogP contribution in [-0.4, -0.2) is 25.1 Å². The maximum absolute atomic E-state index is 11.7. The quantitative estimate of drug-likeness (QED) is 0.725. The lowest BCUT2D eigenvalue weighted by atomic mass is 10.2. The summed E-state index contributed by atoms with van der Waals surface area (Å²) < 4.78 is 5.56. The van der Waals surface area contributed by atoms with Gasteiger partial charge < -0.3 is 15.4 Å². The molecule has 0 heterocycles. The largest absolute Gasteiger partial charge is 0.479 e. The fourth-order valence-electron chi connectivity index (χ4n) is 1.58. The smallest absolute Gasteiger partial charge is 0.261 e. The van der Waals surface area contributed by atoms with E-state index in [1.165, 1.54) is 0 Å². The molecule has 20 heavy (non-hydrogen) atoms. The van der Waals surface area contributed by atoms with Crippen LogP contribution >= 0.6 is 11.6 Å². The Morgan fingerprint density at radius 3 is 2.90 bits per heavy atom. The van der Waals surface area contributed by atoms with Gasteiger partial charge in [0.05, 0.1) is 5.02 Å². The van der Waals surface area contributed by atoms with Crippen molar-refractivity contribution in [3.8, 4) is 5.75 Å². The van der Waals surface area contributed by atoms with Crippen LogP contribution in [0.15, 0.2) is 30.9 Å². The van der Waals surface area contributed by atoms with Crippen LogP contribution in [0, 0.1) is 0 Å². The fourth-order valence-corrected chi connectivity index (χ4v) is 1.83. The zero-order valence-corrected chi connectivity index (χ0v) is 12.7. The summed E-state index contributed by atoms with van der Waals surface area (Å²) in [6.45, 7) is 9.34. The van der Waals surface area contributed by atoms with Gasteiger partial charge in [0, 0.05) is 13.1 Å². The summed E-state index contributed by atoms with van der Waals surface area (Å²) in [5.74, 6) is 0.311. The summed E-state index contributed by atoms with van der Waals surface area (Å²) in [5.41, 5.74) is 1.08. The first-order chi connectivity index (χ1) is 9.58. The van der Waals surface area contributed by atoms with E-state index in [9.17, 15) is 4.79 Å². The van der Waals surface area contributed by atoms with Crippen molar-refractivity contribution in [2.24, 2.45) is 0 Å². The van der Waals surface area contributed by atoms with Crippen molar-refractivity contribution in [3.63, 3.8) is 0 Å². The minimum Gasteiger partial charge on any atom is -0.479 e. The van der Waals surface area contributed by atoms with Gasteiger partial charge in [0.15, 0.2) is 6.10 Å². The van der Waals surface area contributed by atoms with E-state index in [0.29, 0.717) is 17.3 Å².